The topological polar surface area (TPSA) is 65.1 Å². The van der Waals surface area contributed by atoms with Gasteiger partial charge in [0.05, 0.1) is 33.2 Å². The van der Waals surface area contributed by atoms with E-state index in [0.29, 0.717) is 26.1 Å². The second kappa shape index (κ2) is 9.75. The van der Waals surface area contributed by atoms with Gasteiger partial charge in [0.15, 0.2) is 0 Å². The summed E-state index contributed by atoms with van der Waals surface area (Å²) in [4.78, 5) is 24.8. The number of methoxy groups -OCH3 is 3. The molecule has 0 saturated heterocycles. The lowest BCUT2D eigenvalue weighted by atomic mass is 10.0. The molecule has 0 radical (unpaired) electrons. The molecule has 0 amide bonds. The van der Waals surface area contributed by atoms with Gasteiger partial charge in [0, 0.05) is 26.2 Å². The summed E-state index contributed by atoms with van der Waals surface area (Å²) < 4.78 is 14.4. The Labute approximate surface area is 115 Å². The normalized spacial score (nSPS) is 14.0. The van der Waals surface area contributed by atoms with Gasteiger partial charge in [-0.2, -0.15) is 0 Å². The Morgan fingerprint density at radius 2 is 1.68 bits per heavy atom. The van der Waals surface area contributed by atoms with Gasteiger partial charge >= 0.3 is 11.9 Å². The maximum atomic E-state index is 11.6. The molecule has 19 heavy (non-hydrogen) atoms. The zero-order chi connectivity index (χ0) is 14.8. The average molecular weight is 275 g/mol. The highest BCUT2D eigenvalue weighted by Crippen LogP contribution is 2.13. The van der Waals surface area contributed by atoms with Crippen LogP contribution in [0.15, 0.2) is 0 Å². The van der Waals surface area contributed by atoms with Gasteiger partial charge in [0.2, 0.25) is 0 Å². The van der Waals surface area contributed by atoms with Crippen molar-refractivity contribution in [1.29, 1.82) is 0 Å². The molecule has 0 aromatic heterocycles. The molecule has 6 heteroatoms. The summed E-state index contributed by atoms with van der Waals surface area (Å²) in [6.45, 7) is 5.47. The minimum absolute atomic E-state index is 0.0349. The molecule has 0 rings (SSSR count). The Kier molecular flexibility index (Phi) is 9.16. The van der Waals surface area contributed by atoms with E-state index >= 15 is 0 Å². The summed E-state index contributed by atoms with van der Waals surface area (Å²) >= 11 is 0. The van der Waals surface area contributed by atoms with Gasteiger partial charge in [-0.25, -0.2) is 0 Å². The number of carbonyl (C=O) groups excluding carboxylic acids is 2. The first-order chi connectivity index (χ1) is 8.97. The van der Waals surface area contributed by atoms with Crippen molar-refractivity contribution in [1.82, 2.24) is 4.90 Å². The highest BCUT2D eigenvalue weighted by molar-refractivity contribution is 5.72. The van der Waals surface area contributed by atoms with Crippen molar-refractivity contribution in [2.45, 2.75) is 26.3 Å². The van der Waals surface area contributed by atoms with Crippen LogP contribution in [0.5, 0.6) is 0 Å². The van der Waals surface area contributed by atoms with Crippen LogP contribution in [0.25, 0.3) is 0 Å². The van der Waals surface area contributed by atoms with E-state index in [1.807, 2.05) is 18.7 Å². The Hall–Kier alpha value is -1.14. The van der Waals surface area contributed by atoms with Crippen molar-refractivity contribution in [2.75, 3.05) is 41.0 Å². The van der Waals surface area contributed by atoms with Crippen molar-refractivity contribution >= 4 is 11.9 Å². The molecule has 0 N–H and O–H groups in total. The van der Waals surface area contributed by atoms with Gasteiger partial charge in [-0.05, 0) is 6.92 Å². The molecule has 0 aliphatic rings. The zero-order valence-corrected chi connectivity index (χ0v) is 12.5. The van der Waals surface area contributed by atoms with Crippen LogP contribution in [-0.4, -0.2) is 63.9 Å². The zero-order valence-electron chi connectivity index (χ0n) is 12.5. The first-order valence-electron chi connectivity index (χ1n) is 6.35. The first kappa shape index (κ1) is 17.9. The molecule has 0 aromatic carbocycles. The molecule has 0 bridgehead atoms. The van der Waals surface area contributed by atoms with Crippen LogP contribution in [0.2, 0.25) is 0 Å². The maximum absolute atomic E-state index is 11.6. The van der Waals surface area contributed by atoms with E-state index in [1.165, 1.54) is 14.2 Å². The fraction of sp³-hybridized carbons (Fsp3) is 0.846. The van der Waals surface area contributed by atoms with Gasteiger partial charge in [0.1, 0.15) is 0 Å². The average Bonchev–Trinajstić information content (AvgIpc) is 2.44. The number of carbonyl (C=O) groups is 2. The minimum atomic E-state index is -0.264. The SMILES string of the molecule is COCCN(CCC(=O)OC)C(C)C(C)C(=O)OC. The van der Waals surface area contributed by atoms with Gasteiger partial charge < -0.3 is 14.2 Å². The van der Waals surface area contributed by atoms with Crippen molar-refractivity contribution in [3.05, 3.63) is 0 Å². The standard InChI is InChI=1S/C13H25NO5/c1-10(13(16)19-5)11(2)14(8-9-17-3)7-6-12(15)18-4/h10-11H,6-9H2,1-5H3. The van der Waals surface area contributed by atoms with E-state index in [9.17, 15) is 9.59 Å². The molecule has 6 nitrogen and oxygen atoms in total. The highest BCUT2D eigenvalue weighted by atomic mass is 16.5. The number of esters is 2. The van der Waals surface area contributed by atoms with Crippen LogP contribution in [0.3, 0.4) is 0 Å². The Bertz CT molecular complexity index is 282. The highest BCUT2D eigenvalue weighted by Gasteiger charge is 2.26. The first-order valence-corrected chi connectivity index (χ1v) is 6.35. The van der Waals surface area contributed by atoms with Gasteiger partial charge in [-0.15, -0.1) is 0 Å². The van der Waals surface area contributed by atoms with Crippen molar-refractivity contribution in [2.24, 2.45) is 5.92 Å². The fourth-order valence-corrected chi connectivity index (χ4v) is 1.76. The Morgan fingerprint density at radius 1 is 1.05 bits per heavy atom. The van der Waals surface area contributed by atoms with Crippen LogP contribution >= 0.6 is 0 Å². The predicted molar refractivity (Wildman–Crippen MR) is 70.7 cm³/mol. The predicted octanol–water partition coefficient (Wildman–Crippen LogP) is 0.696. The number of hydrogen-bond donors (Lipinski definition) is 0. The minimum Gasteiger partial charge on any atom is -0.469 e. The molecule has 112 valence electrons. The van der Waals surface area contributed by atoms with Crippen LogP contribution in [0.4, 0.5) is 0 Å². The van der Waals surface area contributed by atoms with E-state index in [2.05, 4.69) is 4.74 Å². The molecular formula is C13H25NO5. The molecule has 2 atom stereocenters. The second-order valence-electron chi connectivity index (χ2n) is 4.41. The molecule has 0 saturated carbocycles. The summed E-state index contributed by atoms with van der Waals surface area (Å²) in [5.41, 5.74) is 0. The van der Waals surface area contributed by atoms with Gasteiger partial charge in [-0.1, -0.05) is 6.92 Å². The van der Waals surface area contributed by atoms with Crippen molar-refractivity contribution in [3.8, 4) is 0 Å². The smallest absolute Gasteiger partial charge is 0.309 e. The quantitative estimate of drug-likeness (QED) is 0.577. The number of hydrogen-bond acceptors (Lipinski definition) is 6. The van der Waals surface area contributed by atoms with E-state index in [-0.39, 0.29) is 23.9 Å². The van der Waals surface area contributed by atoms with Crippen molar-refractivity contribution in [3.63, 3.8) is 0 Å². The second-order valence-corrected chi connectivity index (χ2v) is 4.41. The molecule has 0 fully saturated rings. The largest absolute Gasteiger partial charge is 0.469 e. The van der Waals surface area contributed by atoms with Crippen molar-refractivity contribution < 1.29 is 23.8 Å². The lowest BCUT2D eigenvalue weighted by molar-refractivity contribution is -0.147. The number of ether oxygens (including phenoxy) is 3. The van der Waals surface area contributed by atoms with Gasteiger partial charge in [-0.3, -0.25) is 14.5 Å². The molecule has 0 aromatic rings. The van der Waals surface area contributed by atoms with Crippen LogP contribution in [0, 0.1) is 5.92 Å². The van der Waals surface area contributed by atoms with E-state index in [0.717, 1.165) is 0 Å². The summed E-state index contributed by atoms with van der Waals surface area (Å²) in [7, 11) is 4.36. The maximum Gasteiger partial charge on any atom is 0.309 e. The third-order valence-electron chi connectivity index (χ3n) is 3.29. The summed E-state index contributed by atoms with van der Waals surface area (Å²) in [5, 5.41) is 0. The van der Waals surface area contributed by atoms with E-state index in [4.69, 9.17) is 9.47 Å². The molecule has 2 unspecified atom stereocenters. The van der Waals surface area contributed by atoms with Gasteiger partial charge in [0.25, 0.3) is 0 Å². The number of rotatable bonds is 9. The Morgan fingerprint density at radius 3 is 2.16 bits per heavy atom. The van der Waals surface area contributed by atoms with E-state index in [1.54, 1.807) is 7.11 Å². The molecule has 0 heterocycles. The summed E-state index contributed by atoms with van der Waals surface area (Å²) in [6.07, 6.45) is 0.290. The lowest BCUT2D eigenvalue weighted by Crippen LogP contribution is -2.43. The third kappa shape index (κ3) is 6.54. The van der Waals surface area contributed by atoms with Crippen LogP contribution in [0.1, 0.15) is 20.3 Å². The molecular weight excluding hydrogens is 250 g/mol. The number of nitrogens with zero attached hydrogens (tertiary/aromatic N) is 1. The van der Waals surface area contributed by atoms with Crippen LogP contribution in [-0.2, 0) is 23.8 Å². The lowest BCUT2D eigenvalue weighted by Gasteiger charge is -2.31. The third-order valence-corrected chi connectivity index (χ3v) is 3.29. The molecule has 0 spiro atoms. The summed E-state index contributed by atoms with van der Waals surface area (Å²) in [6, 6.07) is -0.0349. The fourth-order valence-electron chi connectivity index (χ4n) is 1.76. The Balaban J connectivity index is 4.53. The monoisotopic (exact) mass is 275 g/mol. The van der Waals surface area contributed by atoms with Crippen LogP contribution < -0.4 is 0 Å². The molecule has 0 aliphatic carbocycles. The van der Waals surface area contributed by atoms with E-state index < -0.39 is 0 Å². The molecule has 0 aliphatic heterocycles. The summed E-state index contributed by atoms with van der Waals surface area (Å²) in [5.74, 6) is -0.784.